The lowest BCUT2D eigenvalue weighted by Crippen LogP contribution is -2.15. The Labute approximate surface area is 280 Å². The van der Waals surface area contributed by atoms with E-state index in [4.69, 9.17) is 0 Å². The van der Waals surface area contributed by atoms with Crippen LogP contribution in [0.15, 0.2) is 164 Å². The normalized spacial score (nSPS) is 13.1. The average molecular weight is 620 g/mol. The topological polar surface area (TPSA) is 3.24 Å². The molecule has 9 rings (SSSR count). The summed E-state index contributed by atoms with van der Waals surface area (Å²) in [7, 11) is 0. The predicted molar refractivity (Wildman–Crippen MR) is 202 cm³/mol. The first-order chi connectivity index (χ1) is 23.0. The lowest BCUT2D eigenvalue weighted by Gasteiger charge is -2.26. The minimum absolute atomic E-state index is 0.0426. The largest absolute Gasteiger partial charge is 0.310 e. The molecule has 0 saturated carbocycles. The van der Waals surface area contributed by atoms with Crippen molar-refractivity contribution < 1.29 is 0 Å². The molecular formula is C45H33NS. The van der Waals surface area contributed by atoms with Crippen LogP contribution in [0.3, 0.4) is 0 Å². The van der Waals surface area contributed by atoms with Gasteiger partial charge in [-0.05, 0) is 104 Å². The highest BCUT2D eigenvalue weighted by molar-refractivity contribution is 7.22. The molecule has 0 radical (unpaired) electrons. The van der Waals surface area contributed by atoms with Gasteiger partial charge in [-0.25, -0.2) is 0 Å². The summed E-state index contributed by atoms with van der Waals surface area (Å²) >= 11 is 1.93. The van der Waals surface area contributed by atoms with Crippen LogP contribution in [-0.2, 0) is 5.41 Å². The van der Waals surface area contributed by atoms with Gasteiger partial charge in [0.2, 0.25) is 0 Å². The first-order valence-electron chi connectivity index (χ1n) is 16.3. The van der Waals surface area contributed by atoms with Gasteiger partial charge in [-0.2, -0.15) is 0 Å². The van der Waals surface area contributed by atoms with Crippen molar-refractivity contribution in [2.45, 2.75) is 19.3 Å². The van der Waals surface area contributed by atoms with Crippen LogP contribution < -0.4 is 4.90 Å². The van der Waals surface area contributed by atoms with Gasteiger partial charge in [0.05, 0.1) is 0 Å². The van der Waals surface area contributed by atoms with Gasteiger partial charge in [-0.15, -0.1) is 11.3 Å². The zero-order chi connectivity index (χ0) is 31.5. The van der Waals surface area contributed by atoms with Gasteiger partial charge < -0.3 is 4.90 Å². The number of hydrogen-bond acceptors (Lipinski definition) is 2. The number of anilines is 3. The molecule has 47 heavy (non-hydrogen) atoms. The highest BCUT2D eigenvalue weighted by Crippen LogP contribution is 2.55. The smallest absolute Gasteiger partial charge is 0.0468 e. The van der Waals surface area contributed by atoms with Crippen molar-refractivity contribution >= 4 is 49.3 Å². The Morgan fingerprint density at radius 3 is 1.79 bits per heavy atom. The quantitative estimate of drug-likeness (QED) is 0.185. The SMILES string of the molecule is CC1(C)c2cc(-c3ccc(N(c4ccc(-c5ccccc5)cc4)c4ccc5ccccc5c4)cc3)ccc2-c2sc3ccccc3c21. The number of thiophene rings is 1. The molecule has 1 heterocycles. The molecule has 0 bridgehead atoms. The van der Waals surface area contributed by atoms with E-state index in [0.29, 0.717) is 0 Å². The van der Waals surface area contributed by atoms with Gasteiger partial charge in [0, 0.05) is 32.1 Å². The highest BCUT2D eigenvalue weighted by Gasteiger charge is 2.38. The molecule has 7 aromatic carbocycles. The third-order valence-electron chi connectivity index (χ3n) is 9.84. The molecule has 1 aromatic heterocycles. The van der Waals surface area contributed by atoms with E-state index in [1.54, 1.807) is 0 Å². The Hall–Kier alpha value is -5.44. The van der Waals surface area contributed by atoms with Gasteiger partial charge >= 0.3 is 0 Å². The van der Waals surface area contributed by atoms with Crippen molar-refractivity contribution in [2.24, 2.45) is 0 Å². The van der Waals surface area contributed by atoms with Crippen molar-refractivity contribution in [3.8, 4) is 32.7 Å². The minimum Gasteiger partial charge on any atom is -0.310 e. The Morgan fingerprint density at radius 1 is 0.468 bits per heavy atom. The number of benzene rings is 7. The number of nitrogens with zero attached hydrogens (tertiary/aromatic N) is 1. The molecule has 0 unspecified atom stereocenters. The summed E-state index contributed by atoms with van der Waals surface area (Å²) in [5.74, 6) is 0. The molecule has 0 fully saturated rings. The molecule has 0 aliphatic heterocycles. The molecule has 1 nitrogen and oxygen atoms in total. The Kier molecular flexibility index (Phi) is 6.41. The number of rotatable bonds is 5. The number of fused-ring (bicyclic) bond motifs is 6. The highest BCUT2D eigenvalue weighted by atomic mass is 32.1. The number of hydrogen-bond donors (Lipinski definition) is 0. The van der Waals surface area contributed by atoms with E-state index >= 15 is 0 Å². The summed E-state index contributed by atoms with van der Waals surface area (Å²) in [4.78, 5) is 3.79. The standard InChI is InChI=1S/C45H33NS/c1-45(2)41-29-35(21-27-39(41)44-43(45)40-14-8-9-15-42(40)47-44)33-18-24-37(25-19-33)46(38-26-20-31-12-6-7-13-34(31)28-38)36-22-16-32(17-23-36)30-10-4-3-5-11-30/h3-29H,1-2H3. The fraction of sp³-hybridized carbons (Fsp3) is 0.0667. The Morgan fingerprint density at radius 2 is 1.04 bits per heavy atom. The van der Waals surface area contributed by atoms with E-state index in [1.165, 1.54) is 64.7 Å². The summed E-state index contributed by atoms with van der Waals surface area (Å²) in [6.07, 6.45) is 0. The van der Waals surface area contributed by atoms with Crippen LogP contribution in [0.5, 0.6) is 0 Å². The molecule has 0 spiro atoms. The summed E-state index contributed by atoms with van der Waals surface area (Å²) in [6, 6.07) is 59.8. The first-order valence-corrected chi connectivity index (χ1v) is 17.1. The lowest BCUT2D eigenvalue weighted by atomic mass is 9.80. The summed E-state index contributed by atoms with van der Waals surface area (Å²) < 4.78 is 1.38. The fourth-order valence-electron chi connectivity index (χ4n) is 7.43. The van der Waals surface area contributed by atoms with Crippen LogP contribution in [0.4, 0.5) is 17.1 Å². The predicted octanol–water partition coefficient (Wildman–Crippen LogP) is 13.2. The molecule has 1 aliphatic carbocycles. The molecular weight excluding hydrogens is 587 g/mol. The monoisotopic (exact) mass is 619 g/mol. The second-order valence-corrected chi connectivity index (χ2v) is 14.1. The molecule has 0 atom stereocenters. The molecule has 224 valence electrons. The van der Waals surface area contributed by atoms with E-state index in [-0.39, 0.29) is 5.41 Å². The third-order valence-corrected chi connectivity index (χ3v) is 11.0. The zero-order valence-corrected chi connectivity index (χ0v) is 27.3. The van der Waals surface area contributed by atoms with E-state index in [9.17, 15) is 0 Å². The molecule has 8 aromatic rings. The van der Waals surface area contributed by atoms with Crippen LogP contribution in [0, 0.1) is 0 Å². The van der Waals surface area contributed by atoms with E-state index in [0.717, 1.165) is 17.1 Å². The molecule has 0 N–H and O–H groups in total. The van der Waals surface area contributed by atoms with Gasteiger partial charge in [-0.1, -0.05) is 129 Å². The van der Waals surface area contributed by atoms with Gasteiger partial charge in [0.15, 0.2) is 0 Å². The molecule has 0 amide bonds. The van der Waals surface area contributed by atoms with E-state index < -0.39 is 0 Å². The lowest BCUT2D eigenvalue weighted by molar-refractivity contribution is 0.667. The average Bonchev–Trinajstić information content (AvgIpc) is 3.62. The fourth-order valence-corrected chi connectivity index (χ4v) is 8.83. The van der Waals surface area contributed by atoms with Crippen LogP contribution in [-0.4, -0.2) is 0 Å². The summed E-state index contributed by atoms with van der Waals surface area (Å²) in [5.41, 5.74) is 12.6. The van der Waals surface area contributed by atoms with Crippen molar-refractivity contribution in [1.29, 1.82) is 0 Å². The summed E-state index contributed by atoms with van der Waals surface area (Å²) in [6.45, 7) is 4.77. The summed E-state index contributed by atoms with van der Waals surface area (Å²) in [5, 5.41) is 3.87. The Balaban J connectivity index is 1.10. The maximum atomic E-state index is 2.43. The van der Waals surface area contributed by atoms with Gasteiger partial charge in [-0.3, -0.25) is 0 Å². The van der Waals surface area contributed by atoms with E-state index in [1.807, 2.05) is 11.3 Å². The molecule has 2 heteroatoms. The van der Waals surface area contributed by atoms with Crippen LogP contribution in [0.1, 0.15) is 25.0 Å². The maximum Gasteiger partial charge on any atom is 0.0468 e. The third kappa shape index (κ3) is 4.60. The minimum atomic E-state index is -0.0426. The molecule has 1 aliphatic rings. The van der Waals surface area contributed by atoms with Gasteiger partial charge in [0.25, 0.3) is 0 Å². The second kappa shape index (κ2) is 10.8. The van der Waals surface area contributed by atoms with Crippen molar-refractivity contribution in [3.63, 3.8) is 0 Å². The van der Waals surface area contributed by atoms with Crippen molar-refractivity contribution in [1.82, 2.24) is 0 Å². The van der Waals surface area contributed by atoms with Crippen LogP contribution >= 0.6 is 11.3 Å². The second-order valence-electron chi connectivity index (χ2n) is 13.0. The van der Waals surface area contributed by atoms with Crippen LogP contribution in [0.2, 0.25) is 0 Å². The maximum absolute atomic E-state index is 2.43. The Bertz CT molecular complexity index is 2410. The van der Waals surface area contributed by atoms with Gasteiger partial charge in [0.1, 0.15) is 0 Å². The first kappa shape index (κ1) is 27.8. The van der Waals surface area contributed by atoms with Crippen LogP contribution in [0.25, 0.3) is 53.6 Å². The van der Waals surface area contributed by atoms with Crippen molar-refractivity contribution in [3.05, 3.63) is 175 Å². The van der Waals surface area contributed by atoms with E-state index in [2.05, 4.69) is 183 Å². The zero-order valence-electron chi connectivity index (χ0n) is 26.4. The van der Waals surface area contributed by atoms with Crippen molar-refractivity contribution in [2.75, 3.05) is 4.90 Å². The molecule has 0 saturated heterocycles.